The third-order valence-corrected chi connectivity index (χ3v) is 3.42. The molecule has 0 spiro atoms. The topological polar surface area (TPSA) is 90.1 Å². The van der Waals surface area contributed by atoms with Crippen molar-refractivity contribution in [3.8, 4) is 0 Å². The molecule has 116 valence electrons. The van der Waals surface area contributed by atoms with Crippen molar-refractivity contribution in [3.63, 3.8) is 0 Å². The molecule has 0 fully saturated rings. The van der Waals surface area contributed by atoms with E-state index < -0.39 is 22.6 Å². The lowest BCUT2D eigenvalue weighted by Crippen LogP contribution is -2.25. The lowest BCUT2D eigenvalue weighted by atomic mass is 10.1. The van der Waals surface area contributed by atoms with Gasteiger partial charge < -0.3 is 5.32 Å². The van der Waals surface area contributed by atoms with Crippen LogP contribution in [0.5, 0.6) is 0 Å². The Bertz CT molecular complexity index is 719. The number of nitrogens with zero attached hydrogens (tertiary/aromatic N) is 3. The molecule has 0 aliphatic carbocycles. The van der Waals surface area contributed by atoms with E-state index in [2.05, 4.69) is 26.3 Å². The molecule has 1 aromatic heterocycles. The van der Waals surface area contributed by atoms with E-state index in [0.717, 1.165) is 6.20 Å². The van der Waals surface area contributed by atoms with Crippen molar-refractivity contribution in [2.75, 3.05) is 5.32 Å². The van der Waals surface area contributed by atoms with Gasteiger partial charge in [0.2, 0.25) is 5.91 Å². The minimum Gasteiger partial charge on any atom is -0.323 e. The maximum atomic E-state index is 13.7. The highest BCUT2D eigenvalue weighted by Gasteiger charge is 2.17. The van der Waals surface area contributed by atoms with E-state index in [4.69, 9.17) is 0 Å². The van der Waals surface area contributed by atoms with Gasteiger partial charge in [-0.15, -0.1) is 0 Å². The minimum absolute atomic E-state index is 0.0755. The first-order chi connectivity index (χ1) is 10.4. The fraction of sp³-hybridized carbons (Fsp3) is 0.231. The van der Waals surface area contributed by atoms with Crippen LogP contribution in [0.3, 0.4) is 0 Å². The molecule has 2 aromatic rings. The van der Waals surface area contributed by atoms with Crippen LogP contribution in [0, 0.1) is 21.8 Å². The van der Waals surface area contributed by atoms with Crippen LogP contribution in [0.4, 0.5) is 15.8 Å². The Labute approximate surface area is 133 Å². The van der Waals surface area contributed by atoms with Gasteiger partial charge in [0.25, 0.3) is 0 Å². The summed E-state index contributed by atoms with van der Waals surface area (Å²) in [5, 5.41) is 16.9. The van der Waals surface area contributed by atoms with Gasteiger partial charge in [0.05, 0.1) is 23.1 Å². The van der Waals surface area contributed by atoms with Crippen LogP contribution in [-0.2, 0) is 11.3 Å². The number of aromatic nitrogens is 2. The third-order valence-electron chi connectivity index (χ3n) is 2.93. The number of rotatable bonds is 5. The molecule has 0 saturated carbocycles. The van der Waals surface area contributed by atoms with Gasteiger partial charge in [0.1, 0.15) is 18.2 Å². The maximum absolute atomic E-state index is 13.7. The number of halogens is 2. The second-order valence-electron chi connectivity index (χ2n) is 4.69. The molecule has 0 aliphatic heterocycles. The molecular formula is C13H12BrFN4O3. The van der Waals surface area contributed by atoms with E-state index in [1.807, 2.05) is 0 Å². The summed E-state index contributed by atoms with van der Waals surface area (Å²) in [5.74, 6) is -1.49. The van der Waals surface area contributed by atoms with Gasteiger partial charge in [-0.1, -0.05) is 22.9 Å². The van der Waals surface area contributed by atoms with Gasteiger partial charge in [-0.25, -0.2) is 4.39 Å². The van der Waals surface area contributed by atoms with E-state index in [0.29, 0.717) is 4.47 Å². The first-order valence-electron chi connectivity index (χ1n) is 6.29. The smallest absolute Gasteiger partial charge is 0.306 e. The zero-order chi connectivity index (χ0) is 16.3. The van der Waals surface area contributed by atoms with Crippen molar-refractivity contribution in [2.24, 2.45) is 5.92 Å². The monoisotopic (exact) mass is 370 g/mol. The van der Waals surface area contributed by atoms with Crippen LogP contribution in [0.25, 0.3) is 0 Å². The summed E-state index contributed by atoms with van der Waals surface area (Å²) < 4.78 is 15.5. The van der Waals surface area contributed by atoms with Gasteiger partial charge in [0, 0.05) is 4.47 Å². The zero-order valence-corrected chi connectivity index (χ0v) is 13.1. The standard InChI is InChI=1S/C13H12BrFN4O3/c1-8(6-18-7-10(5-16-18)19(21)22)13(20)17-12-3-2-9(14)4-11(12)15/h2-5,7-8H,6H2,1H3,(H,17,20)/t8-/m1/s1. The molecule has 22 heavy (non-hydrogen) atoms. The fourth-order valence-corrected chi connectivity index (χ4v) is 2.09. The van der Waals surface area contributed by atoms with E-state index in [1.54, 1.807) is 13.0 Å². The summed E-state index contributed by atoms with van der Waals surface area (Å²) in [6.07, 6.45) is 2.35. The van der Waals surface area contributed by atoms with Crippen LogP contribution in [-0.4, -0.2) is 20.6 Å². The number of carbonyl (C=O) groups excluding carboxylic acids is 1. The molecule has 0 bridgehead atoms. The highest BCUT2D eigenvalue weighted by atomic mass is 79.9. The predicted molar refractivity (Wildman–Crippen MR) is 80.8 cm³/mol. The van der Waals surface area contributed by atoms with E-state index in [9.17, 15) is 19.3 Å². The number of carbonyl (C=O) groups is 1. The second-order valence-corrected chi connectivity index (χ2v) is 5.61. The van der Waals surface area contributed by atoms with Crippen LogP contribution >= 0.6 is 15.9 Å². The molecule has 0 saturated heterocycles. The van der Waals surface area contributed by atoms with Crippen LogP contribution in [0.2, 0.25) is 0 Å². The molecule has 1 amide bonds. The average Bonchev–Trinajstić information content (AvgIpc) is 2.90. The Hall–Kier alpha value is -2.29. The number of benzene rings is 1. The molecule has 9 heteroatoms. The van der Waals surface area contributed by atoms with Gasteiger partial charge in [0.15, 0.2) is 0 Å². The number of hydrogen-bond acceptors (Lipinski definition) is 4. The first kappa shape index (κ1) is 16.1. The van der Waals surface area contributed by atoms with E-state index in [1.165, 1.54) is 23.0 Å². The van der Waals surface area contributed by atoms with Gasteiger partial charge in [-0.05, 0) is 18.2 Å². The van der Waals surface area contributed by atoms with Crippen molar-refractivity contribution < 1.29 is 14.1 Å². The maximum Gasteiger partial charge on any atom is 0.306 e. The van der Waals surface area contributed by atoms with Crippen molar-refractivity contribution in [1.82, 2.24) is 9.78 Å². The van der Waals surface area contributed by atoms with Gasteiger partial charge in [-0.3, -0.25) is 19.6 Å². The number of anilines is 1. The van der Waals surface area contributed by atoms with Gasteiger partial charge >= 0.3 is 5.69 Å². The highest BCUT2D eigenvalue weighted by Crippen LogP contribution is 2.20. The Morgan fingerprint density at radius 3 is 2.91 bits per heavy atom. The summed E-state index contributed by atoms with van der Waals surface area (Å²) in [7, 11) is 0. The van der Waals surface area contributed by atoms with Crippen LogP contribution in [0.15, 0.2) is 35.1 Å². The summed E-state index contributed by atoms with van der Waals surface area (Å²) in [6, 6.07) is 4.31. The molecule has 2 rings (SSSR count). The fourth-order valence-electron chi connectivity index (χ4n) is 1.76. The molecule has 1 heterocycles. The normalized spacial score (nSPS) is 12.0. The quantitative estimate of drug-likeness (QED) is 0.646. The Kier molecular flexibility index (Phi) is 4.86. The summed E-state index contributed by atoms with van der Waals surface area (Å²) in [4.78, 5) is 22.0. The molecule has 1 aromatic carbocycles. The Balaban J connectivity index is 2.00. The van der Waals surface area contributed by atoms with Crippen LogP contribution < -0.4 is 5.32 Å². The lowest BCUT2D eigenvalue weighted by molar-refractivity contribution is -0.385. The molecule has 7 nitrogen and oxygen atoms in total. The second kappa shape index (κ2) is 6.65. The summed E-state index contributed by atoms with van der Waals surface area (Å²) in [5.41, 5.74) is -0.0712. The number of amides is 1. The molecular weight excluding hydrogens is 359 g/mol. The molecule has 1 atom stereocenters. The average molecular weight is 371 g/mol. The SMILES string of the molecule is C[C@H](Cn1cc([N+](=O)[O-])cn1)C(=O)Nc1ccc(Br)cc1F. The third kappa shape index (κ3) is 3.88. The molecule has 0 aliphatic rings. The van der Waals surface area contributed by atoms with Crippen molar-refractivity contribution >= 4 is 33.2 Å². The summed E-state index contributed by atoms with van der Waals surface area (Å²) in [6.45, 7) is 1.78. The van der Waals surface area contributed by atoms with E-state index in [-0.39, 0.29) is 17.9 Å². The van der Waals surface area contributed by atoms with Crippen molar-refractivity contribution in [1.29, 1.82) is 0 Å². The van der Waals surface area contributed by atoms with E-state index >= 15 is 0 Å². The first-order valence-corrected chi connectivity index (χ1v) is 7.09. The Morgan fingerprint density at radius 2 is 2.32 bits per heavy atom. The minimum atomic E-state index is -0.564. The molecule has 0 unspecified atom stereocenters. The highest BCUT2D eigenvalue weighted by molar-refractivity contribution is 9.10. The van der Waals surface area contributed by atoms with Crippen LogP contribution in [0.1, 0.15) is 6.92 Å². The number of hydrogen-bond donors (Lipinski definition) is 1. The predicted octanol–water partition coefficient (Wildman–Crippen LogP) is 2.97. The summed E-state index contributed by atoms with van der Waals surface area (Å²) >= 11 is 3.13. The number of nitro groups is 1. The number of nitrogens with one attached hydrogen (secondary N) is 1. The van der Waals surface area contributed by atoms with Crippen molar-refractivity contribution in [3.05, 3.63) is 51.0 Å². The Morgan fingerprint density at radius 1 is 1.59 bits per heavy atom. The largest absolute Gasteiger partial charge is 0.323 e. The van der Waals surface area contributed by atoms with Gasteiger partial charge in [-0.2, -0.15) is 5.10 Å². The molecule has 1 N–H and O–H groups in total. The molecule has 0 radical (unpaired) electrons. The zero-order valence-electron chi connectivity index (χ0n) is 11.5. The van der Waals surface area contributed by atoms with Crippen molar-refractivity contribution in [2.45, 2.75) is 13.5 Å². The lowest BCUT2D eigenvalue weighted by Gasteiger charge is -2.12.